The van der Waals surface area contributed by atoms with Crippen molar-refractivity contribution in [2.24, 2.45) is 0 Å². The Balaban J connectivity index is 2.34. The highest BCUT2D eigenvalue weighted by Gasteiger charge is 2.10. The van der Waals surface area contributed by atoms with Crippen molar-refractivity contribution in [1.29, 1.82) is 0 Å². The molecule has 0 saturated carbocycles. The minimum atomic E-state index is 0.750. The maximum atomic E-state index is 5.35. The molecule has 0 radical (unpaired) electrons. The number of ether oxygens (including phenoxy) is 1. The monoisotopic (exact) mass is 342 g/mol. The summed E-state index contributed by atoms with van der Waals surface area (Å²) in [4.78, 5) is 0. The molecule has 0 unspecified atom stereocenters. The Morgan fingerprint density at radius 2 is 2.00 bits per heavy atom. The SMILES string of the molecule is COc1ccccc1Cn1nc(C)c(I)c1C. The van der Waals surface area contributed by atoms with Gasteiger partial charge >= 0.3 is 0 Å². The zero-order valence-corrected chi connectivity index (χ0v) is 12.4. The molecule has 0 aliphatic carbocycles. The average molecular weight is 342 g/mol. The van der Waals surface area contributed by atoms with Crippen molar-refractivity contribution in [2.75, 3.05) is 7.11 Å². The Kier molecular flexibility index (Phi) is 3.71. The molecule has 1 aromatic carbocycles. The summed E-state index contributed by atoms with van der Waals surface area (Å²) in [6.07, 6.45) is 0. The van der Waals surface area contributed by atoms with Gasteiger partial charge in [0.2, 0.25) is 0 Å². The van der Waals surface area contributed by atoms with Crippen molar-refractivity contribution in [2.45, 2.75) is 20.4 Å². The zero-order chi connectivity index (χ0) is 12.4. The molecule has 2 aromatic rings. The number of rotatable bonds is 3. The predicted octanol–water partition coefficient (Wildman–Crippen LogP) is 3.16. The van der Waals surface area contributed by atoms with E-state index in [9.17, 15) is 0 Å². The number of benzene rings is 1. The number of aryl methyl sites for hydroxylation is 1. The first kappa shape index (κ1) is 12.4. The van der Waals surface area contributed by atoms with Crippen LogP contribution < -0.4 is 4.74 Å². The van der Waals surface area contributed by atoms with Gasteiger partial charge in [-0.2, -0.15) is 5.10 Å². The standard InChI is InChI=1S/C13H15IN2O/c1-9-13(14)10(2)16(15-9)8-11-6-4-5-7-12(11)17-3/h4-7H,8H2,1-3H3. The molecule has 0 fully saturated rings. The van der Waals surface area contributed by atoms with E-state index in [-0.39, 0.29) is 0 Å². The van der Waals surface area contributed by atoms with Crippen LogP contribution in [0.1, 0.15) is 17.0 Å². The van der Waals surface area contributed by atoms with Crippen molar-refractivity contribution in [3.05, 3.63) is 44.8 Å². The molecule has 0 aliphatic rings. The van der Waals surface area contributed by atoms with Gasteiger partial charge in [0.1, 0.15) is 5.75 Å². The first-order chi connectivity index (χ1) is 8.13. The van der Waals surface area contributed by atoms with Crippen LogP contribution in [0.3, 0.4) is 0 Å². The highest BCUT2D eigenvalue weighted by atomic mass is 127. The Labute approximate surface area is 115 Å². The van der Waals surface area contributed by atoms with Gasteiger partial charge in [0.15, 0.2) is 0 Å². The molecule has 0 atom stereocenters. The third kappa shape index (κ3) is 2.46. The normalized spacial score (nSPS) is 10.6. The summed E-state index contributed by atoms with van der Waals surface area (Å²) >= 11 is 2.34. The van der Waals surface area contributed by atoms with E-state index >= 15 is 0 Å². The molecule has 1 aromatic heterocycles. The zero-order valence-electron chi connectivity index (χ0n) is 10.2. The largest absolute Gasteiger partial charge is 0.496 e. The summed E-state index contributed by atoms with van der Waals surface area (Å²) in [6, 6.07) is 8.05. The van der Waals surface area contributed by atoms with Crippen LogP contribution in [-0.2, 0) is 6.54 Å². The molecule has 3 nitrogen and oxygen atoms in total. The molecule has 0 aliphatic heterocycles. The van der Waals surface area contributed by atoms with Crippen molar-refractivity contribution >= 4 is 22.6 Å². The summed E-state index contributed by atoms with van der Waals surface area (Å²) in [5, 5.41) is 4.53. The topological polar surface area (TPSA) is 27.1 Å². The molecule has 90 valence electrons. The first-order valence-electron chi connectivity index (χ1n) is 5.45. The fraction of sp³-hybridized carbons (Fsp3) is 0.308. The van der Waals surface area contributed by atoms with E-state index < -0.39 is 0 Å². The Morgan fingerprint density at radius 1 is 1.29 bits per heavy atom. The van der Waals surface area contributed by atoms with Gasteiger partial charge in [-0.05, 0) is 42.5 Å². The van der Waals surface area contributed by atoms with Crippen LogP contribution in [0, 0.1) is 17.4 Å². The van der Waals surface area contributed by atoms with Crippen LogP contribution >= 0.6 is 22.6 Å². The number of hydrogen-bond acceptors (Lipinski definition) is 2. The second-order valence-electron chi connectivity index (χ2n) is 3.95. The van der Waals surface area contributed by atoms with Crippen LogP contribution in [0.15, 0.2) is 24.3 Å². The van der Waals surface area contributed by atoms with Crippen LogP contribution in [0.2, 0.25) is 0 Å². The Hall–Kier alpha value is -1.04. The third-order valence-electron chi connectivity index (χ3n) is 2.81. The summed E-state index contributed by atoms with van der Waals surface area (Å²) < 4.78 is 8.61. The number of aromatic nitrogens is 2. The number of para-hydroxylation sites is 1. The number of methoxy groups -OCH3 is 1. The lowest BCUT2D eigenvalue weighted by molar-refractivity contribution is 0.407. The van der Waals surface area contributed by atoms with E-state index in [0.29, 0.717) is 0 Å². The van der Waals surface area contributed by atoms with Gasteiger partial charge in [-0.1, -0.05) is 18.2 Å². The third-order valence-corrected chi connectivity index (χ3v) is 4.37. The fourth-order valence-corrected chi connectivity index (χ4v) is 2.21. The number of hydrogen-bond donors (Lipinski definition) is 0. The summed E-state index contributed by atoms with van der Waals surface area (Å²) in [7, 11) is 1.70. The van der Waals surface area contributed by atoms with Crippen molar-refractivity contribution in [3.63, 3.8) is 0 Å². The quantitative estimate of drug-likeness (QED) is 0.802. The molecule has 0 saturated heterocycles. The lowest BCUT2D eigenvalue weighted by Gasteiger charge is -2.09. The molecule has 0 amide bonds. The van der Waals surface area contributed by atoms with Gasteiger partial charge in [0, 0.05) is 11.3 Å². The average Bonchev–Trinajstić information content (AvgIpc) is 2.58. The lowest BCUT2D eigenvalue weighted by atomic mass is 10.2. The predicted molar refractivity (Wildman–Crippen MR) is 76.5 cm³/mol. The molecule has 4 heteroatoms. The highest BCUT2D eigenvalue weighted by Crippen LogP contribution is 2.21. The fourth-order valence-electron chi connectivity index (χ4n) is 1.82. The maximum absolute atomic E-state index is 5.35. The molecule has 2 rings (SSSR count). The molecule has 1 heterocycles. The lowest BCUT2D eigenvalue weighted by Crippen LogP contribution is -2.05. The van der Waals surface area contributed by atoms with Gasteiger partial charge in [-0.3, -0.25) is 4.68 Å². The molecule has 0 spiro atoms. The summed E-state index contributed by atoms with van der Waals surface area (Å²) in [6.45, 7) is 4.88. The van der Waals surface area contributed by atoms with E-state index in [1.807, 2.05) is 29.8 Å². The van der Waals surface area contributed by atoms with Gasteiger partial charge < -0.3 is 4.74 Å². The Bertz CT molecular complexity index is 534. The van der Waals surface area contributed by atoms with E-state index in [4.69, 9.17) is 4.74 Å². The summed E-state index contributed by atoms with van der Waals surface area (Å²) in [5.41, 5.74) is 3.43. The molecule has 0 N–H and O–H groups in total. The van der Waals surface area contributed by atoms with E-state index in [1.165, 1.54) is 9.26 Å². The highest BCUT2D eigenvalue weighted by molar-refractivity contribution is 14.1. The summed E-state index contributed by atoms with van der Waals surface area (Å²) in [5.74, 6) is 0.912. The van der Waals surface area contributed by atoms with Gasteiger partial charge in [-0.25, -0.2) is 0 Å². The van der Waals surface area contributed by atoms with Gasteiger partial charge in [0.05, 0.1) is 22.9 Å². The Morgan fingerprint density at radius 3 is 2.59 bits per heavy atom. The number of halogens is 1. The minimum Gasteiger partial charge on any atom is -0.496 e. The molecule has 17 heavy (non-hydrogen) atoms. The van der Waals surface area contributed by atoms with Crippen LogP contribution in [-0.4, -0.2) is 16.9 Å². The molecule has 0 bridgehead atoms. The minimum absolute atomic E-state index is 0.750. The van der Waals surface area contributed by atoms with Crippen molar-refractivity contribution in [3.8, 4) is 5.75 Å². The van der Waals surface area contributed by atoms with Crippen LogP contribution in [0.25, 0.3) is 0 Å². The smallest absolute Gasteiger partial charge is 0.123 e. The van der Waals surface area contributed by atoms with Crippen molar-refractivity contribution < 1.29 is 4.74 Å². The number of nitrogens with zero attached hydrogens (tertiary/aromatic N) is 2. The van der Waals surface area contributed by atoms with Crippen LogP contribution in [0.5, 0.6) is 5.75 Å². The van der Waals surface area contributed by atoms with Crippen molar-refractivity contribution in [1.82, 2.24) is 9.78 Å². The van der Waals surface area contributed by atoms with E-state index in [2.05, 4.69) is 40.7 Å². The molecular weight excluding hydrogens is 327 g/mol. The van der Waals surface area contributed by atoms with Gasteiger partial charge in [-0.15, -0.1) is 0 Å². The molecular formula is C13H15IN2O. The van der Waals surface area contributed by atoms with Gasteiger partial charge in [0.25, 0.3) is 0 Å². The maximum Gasteiger partial charge on any atom is 0.123 e. The second kappa shape index (κ2) is 5.08. The first-order valence-corrected chi connectivity index (χ1v) is 6.52. The van der Waals surface area contributed by atoms with E-state index in [0.717, 1.165) is 23.6 Å². The van der Waals surface area contributed by atoms with E-state index in [1.54, 1.807) is 7.11 Å². The van der Waals surface area contributed by atoms with Crippen LogP contribution in [0.4, 0.5) is 0 Å². The second-order valence-corrected chi connectivity index (χ2v) is 5.03.